The van der Waals surface area contributed by atoms with Gasteiger partial charge in [-0.3, -0.25) is 14.8 Å². The lowest BCUT2D eigenvalue weighted by Crippen LogP contribution is -2.39. The zero-order valence-electron chi connectivity index (χ0n) is 20.9. The molecule has 0 aliphatic carbocycles. The number of anilines is 1. The van der Waals surface area contributed by atoms with Gasteiger partial charge in [0.05, 0.1) is 16.3 Å². The molecule has 1 amide bonds. The summed E-state index contributed by atoms with van der Waals surface area (Å²) in [7, 11) is 0. The van der Waals surface area contributed by atoms with Gasteiger partial charge in [0.1, 0.15) is 5.75 Å². The topological polar surface area (TPSA) is 79.7 Å². The lowest BCUT2D eigenvalue weighted by Gasteiger charge is -2.33. The van der Waals surface area contributed by atoms with Crippen molar-refractivity contribution in [2.24, 2.45) is 10.9 Å². The third-order valence-electron chi connectivity index (χ3n) is 6.76. The van der Waals surface area contributed by atoms with Gasteiger partial charge in [0, 0.05) is 54.0 Å². The first-order valence-electron chi connectivity index (χ1n) is 12.6. The minimum absolute atomic E-state index is 0.164. The third kappa shape index (κ3) is 5.67. The van der Waals surface area contributed by atoms with Gasteiger partial charge >= 0.3 is 0 Å². The van der Waals surface area contributed by atoms with Crippen LogP contribution < -0.4 is 10.1 Å². The second kappa shape index (κ2) is 11.3. The molecule has 0 bridgehead atoms. The number of carbonyl (C=O) groups is 1. The van der Waals surface area contributed by atoms with Gasteiger partial charge in [0.15, 0.2) is 16.7 Å². The Bertz CT molecular complexity index is 1470. The van der Waals surface area contributed by atoms with Gasteiger partial charge in [0.2, 0.25) is 5.91 Å². The van der Waals surface area contributed by atoms with E-state index in [1.807, 2.05) is 65.8 Å². The third-order valence-corrected chi connectivity index (χ3v) is 9.84. The number of thioether (sulfide) groups is 1. The number of para-hydroxylation sites is 1. The maximum Gasteiger partial charge on any atom is 0.219 e. The average Bonchev–Trinajstić information content (AvgIpc) is 3.61. The highest BCUT2D eigenvalue weighted by Gasteiger charge is 2.31. The van der Waals surface area contributed by atoms with Gasteiger partial charge < -0.3 is 15.0 Å². The van der Waals surface area contributed by atoms with Crippen molar-refractivity contribution in [3.63, 3.8) is 0 Å². The summed E-state index contributed by atoms with van der Waals surface area (Å²) in [6.07, 6.45) is 5.72. The van der Waals surface area contributed by atoms with E-state index in [0.29, 0.717) is 17.5 Å². The quantitative estimate of drug-likeness (QED) is 0.278. The Morgan fingerprint density at radius 3 is 2.79 bits per heavy atom. The molecular weight excluding hydrogens is 535 g/mol. The number of benzene rings is 1. The van der Waals surface area contributed by atoms with Crippen molar-refractivity contribution in [2.75, 3.05) is 24.2 Å². The zero-order chi connectivity index (χ0) is 25.9. The molecule has 1 atom stereocenters. The molecule has 10 heteroatoms. The first-order chi connectivity index (χ1) is 18.6. The van der Waals surface area contributed by atoms with Crippen LogP contribution in [-0.2, 0) is 4.79 Å². The van der Waals surface area contributed by atoms with E-state index >= 15 is 0 Å². The minimum atomic E-state index is 0.164. The van der Waals surface area contributed by atoms with Crippen molar-refractivity contribution in [2.45, 2.75) is 35.6 Å². The van der Waals surface area contributed by atoms with Crippen LogP contribution in [0.2, 0.25) is 0 Å². The molecule has 6 rings (SSSR count). The maximum absolute atomic E-state index is 11.7. The number of piperidine rings is 1. The molecule has 1 saturated heterocycles. The molecule has 1 N–H and O–H groups in total. The summed E-state index contributed by atoms with van der Waals surface area (Å²) in [6.45, 7) is 3.30. The Morgan fingerprint density at radius 2 is 1.97 bits per heavy atom. The van der Waals surface area contributed by atoms with E-state index in [0.717, 1.165) is 57.9 Å². The van der Waals surface area contributed by atoms with Crippen molar-refractivity contribution in [1.29, 1.82) is 0 Å². The number of thiophene rings is 1. The van der Waals surface area contributed by atoms with E-state index in [1.54, 1.807) is 41.8 Å². The van der Waals surface area contributed by atoms with Crippen LogP contribution in [-0.4, -0.2) is 50.8 Å². The van der Waals surface area contributed by atoms with Crippen LogP contribution in [0.4, 0.5) is 5.82 Å². The van der Waals surface area contributed by atoms with Crippen LogP contribution in [0.25, 0.3) is 10.2 Å². The Kier molecular flexibility index (Phi) is 7.53. The van der Waals surface area contributed by atoms with Crippen LogP contribution in [0, 0.1) is 5.92 Å². The number of ether oxygens (including phenoxy) is 1. The maximum atomic E-state index is 11.7. The van der Waals surface area contributed by atoms with Gasteiger partial charge in [-0.15, -0.1) is 11.3 Å². The molecular formula is C28H27N5O2S3. The van der Waals surface area contributed by atoms with E-state index in [9.17, 15) is 4.79 Å². The molecule has 4 aromatic rings. The van der Waals surface area contributed by atoms with Gasteiger partial charge in [0.25, 0.3) is 0 Å². The first kappa shape index (κ1) is 25.2. The monoisotopic (exact) mass is 561 g/mol. The molecule has 2 aliphatic rings. The number of aromatic nitrogens is 2. The number of fused-ring (bicyclic) bond motifs is 1. The fourth-order valence-corrected chi connectivity index (χ4v) is 7.66. The van der Waals surface area contributed by atoms with Crippen LogP contribution in [0.3, 0.4) is 0 Å². The molecule has 0 saturated carbocycles. The number of nitrogens with one attached hydrogen (secondary N) is 1. The second-order valence-electron chi connectivity index (χ2n) is 9.26. The van der Waals surface area contributed by atoms with Crippen LogP contribution in [0.1, 0.15) is 19.8 Å². The molecule has 1 aromatic carbocycles. The summed E-state index contributed by atoms with van der Waals surface area (Å²) in [6, 6.07) is 16.1. The summed E-state index contributed by atoms with van der Waals surface area (Å²) < 4.78 is 7.47. The predicted molar refractivity (Wildman–Crippen MR) is 157 cm³/mol. The molecule has 5 heterocycles. The molecule has 0 radical (unpaired) electrons. The number of carbonyl (C=O) groups excluding carboxylic acids is 1. The number of hydrogen-bond donors (Lipinski definition) is 1. The van der Waals surface area contributed by atoms with Crippen molar-refractivity contribution < 1.29 is 9.53 Å². The van der Waals surface area contributed by atoms with E-state index in [1.165, 1.54) is 4.70 Å². The second-order valence-corrected chi connectivity index (χ2v) is 12.3. The molecule has 194 valence electrons. The van der Waals surface area contributed by atoms with Gasteiger partial charge in [-0.1, -0.05) is 41.7 Å². The number of amides is 1. The number of amidine groups is 1. The van der Waals surface area contributed by atoms with E-state index in [2.05, 4.69) is 15.7 Å². The Morgan fingerprint density at radius 1 is 1.13 bits per heavy atom. The lowest BCUT2D eigenvalue weighted by atomic mass is 9.90. The predicted octanol–water partition coefficient (Wildman–Crippen LogP) is 6.78. The average molecular weight is 562 g/mol. The summed E-state index contributed by atoms with van der Waals surface area (Å²) in [5.74, 6) is 3.65. The molecule has 3 aromatic heterocycles. The summed E-state index contributed by atoms with van der Waals surface area (Å²) >= 11 is 5.07. The van der Waals surface area contributed by atoms with Crippen LogP contribution >= 0.6 is 34.9 Å². The van der Waals surface area contributed by atoms with E-state index in [-0.39, 0.29) is 11.9 Å². The van der Waals surface area contributed by atoms with E-state index in [4.69, 9.17) is 14.7 Å². The van der Waals surface area contributed by atoms with Crippen LogP contribution in [0.15, 0.2) is 81.1 Å². The highest BCUT2D eigenvalue weighted by Crippen LogP contribution is 2.39. The molecule has 0 spiro atoms. The van der Waals surface area contributed by atoms with Gasteiger partial charge in [-0.05, 0) is 48.4 Å². The number of likely N-dealkylation sites (tertiary alicyclic amines) is 1. The fourth-order valence-electron chi connectivity index (χ4n) is 4.73. The number of hydrogen-bond acceptors (Lipinski definition) is 9. The lowest BCUT2D eigenvalue weighted by molar-refractivity contribution is -0.130. The minimum Gasteiger partial charge on any atom is -0.453 e. The highest BCUT2D eigenvalue weighted by atomic mass is 32.2. The van der Waals surface area contributed by atoms with Crippen molar-refractivity contribution in [3.05, 3.63) is 66.3 Å². The number of nitrogens with zero attached hydrogens (tertiary/aromatic N) is 4. The zero-order valence-corrected chi connectivity index (χ0v) is 23.3. The number of rotatable bonds is 6. The van der Waals surface area contributed by atoms with Crippen molar-refractivity contribution >= 4 is 62.0 Å². The van der Waals surface area contributed by atoms with Crippen molar-refractivity contribution in [3.8, 4) is 11.5 Å². The highest BCUT2D eigenvalue weighted by molar-refractivity contribution is 8.14. The normalized spacial score (nSPS) is 18.0. The smallest absolute Gasteiger partial charge is 0.219 e. The molecule has 2 aliphatic heterocycles. The SMILES string of the molecule is CC(=O)N1CCC(C2CSC(Nc3ncc(Sc4ccnc5ccsc45)cc3Oc3ccccc3)=N2)CC1. The summed E-state index contributed by atoms with van der Waals surface area (Å²) in [5, 5.41) is 6.37. The van der Waals surface area contributed by atoms with Crippen molar-refractivity contribution in [1.82, 2.24) is 14.9 Å². The molecule has 1 unspecified atom stereocenters. The first-order valence-corrected chi connectivity index (χ1v) is 15.3. The summed E-state index contributed by atoms with van der Waals surface area (Å²) in [4.78, 5) is 30.0. The van der Waals surface area contributed by atoms with Gasteiger partial charge in [-0.2, -0.15) is 0 Å². The fraction of sp³-hybridized carbons (Fsp3) is 0.286. The number of pyridine rings is 2. The Balaban J connectivity index is 1.22. The number of aliphatic imine (C=N–C) groups is 1. The molecule has 38 heavy (non-hydrogen) atoms. The van der Waals surface area contributed by atoms with Crippen LogP contribution in [0.5, 0.6) is 11.5 Å². The molecule has 1 fully saturated rings. The summed E-state index contributed by atoms with van der Waals surface area (Å²) in [5.41, 5.74) is 1.00. The van der Waals surface area contributed by atoms with E-state index < -0.39 is 0 Å². The Hall–Kier alpha value is -3.08. The largest absolute Gasteiger partial charge is 0.453 e. The Labute approximate surface area is 234 Å². The molecule has 7 nitrogen and oxygen atoms in total. The standard InChI is InChI=1S/C28H27N5O2S3/c1-18(34)33-12-8-19(9-13-33)23-17-37-28(31-23)32-27-24(35-20-5-3-2-4-6-20)15-21(16-30-27)38-25-7-11-29-22-10-14-36-26(22)25/h2-7,10-11,14-16,19,23H,8-9,12-13,17H2,1H3,(H,30,31,32). The van der Waals surface area contributed by atoms with Gasteiger partial charge in [-0.25, -0.2) is 4.98 Å².